The van der Waals surface area contributed by atoms with Crippen LogP contribution < -0.4 is 10.2 Å². The highest BCUT2D eigenvalue weighted by Gasteiger charge is 2.28. The monoisotopic (exact) mass is 515 g/mol. The van der Waals surface area contributed by atoms with E-state index in [0.29, 0.717) is 22.7 Å². The number of anilines is 2. The Bertz CT molecular complexity index is 1480. The third kappa shape index (κ3) is 4.47. The molecule has 0 saturated carbocycles. The quantitative estimate of drug-likeness (QED) is 0.343. The van der Waals surface area contributed by atoms with Crippen LogP contribution in [-0.4, -0.2) is 26.2 Å². The highest BCUT2D eigenvalue weighted by atomic mass is 32.2. The second-order valence-electron chi connectivity index (χ2n) is 8.36. The molecule has 36 heavy (non-hydrogen) atoms. The Morgan fingerprint density at radius 3 is 2.19 bits per heavy atom. The number of carbonyl (C=O) groups excluding carboxylic acids is 2. The van der Waals surface area contributed by atoms with E-state index in [4.69, 9.17) is 12.2 Å². The number of hydrogen-bond acceptors (Lipinski definition) is 5. The average molecular weight is 516 g/mol. The summed E-state index contributed by atoms with van der Waals surface area (Å²) in [5.41, 5.74) is 3.21. The van der Waals surface area contributed by atoms with Gasteiger partial charge in [-0.25, -0.2) is 4.68 Å². The summed E-state index contributed by atoms with van der Waals surface area (Å²) >= 11 is 7.31. The molecule has 0 aliphatic carbocycles. The molecule has 2 heterocycles. The van der Waals surface area contributed by atoms with Crippen LogP contribution in [-0.2, 0) is 24.4 Å². The fourth-order valence-corrected chi connectivity index (χ4v) is 5.69. The number of carbonyl (C=O) groups is 2. The molecule has 1 aliphatic heterocycles. The van der Waals surface area contributed by atoms with Crippen molar-refractivity contribution >= 4 is 47.2 Å². The van der Waals surface area contributed by atoms with Gasteiger partial charge in [-0.3, -0.25) is 14.5 Å². The highest BCUT2D eigenvalue weighted by molar-refractivity contribution is 7.99. The summed E-state index contributed by atoms with van der Waals surface area (Å²) in [5, 5.41) is 7.56. The molecule has 1 aliphatic rings. The predicted molar refractivity (Wildman–Crippen MR) is 143 cm³/mol. The molecule has 3 aromatic carbocycles. The molecule has 1 aromatic heterocycles. The lowest BCUT2D eigenvalue weighted by Crippen LogP contribution is -2.32. The van der Waals surface area contributed by atoms with E-state index in [1.165, 1.54) is 0 Å². The Kier molecular flexibility index (Phi) is 6.75. The van der Waals surface area contributed by atoms with Gasteiger partial charge in [0.05, 0.1) is 17.9 Å². The van der Waals surface area contributed by atoms with E-state index in [9.17, 15) is 9.59 Å². The molecule has 9 heteroatoms. The Labute approximate surface area is 218 Å². The predicted octanol–water partition coefficient (Wildman–Crippen LogP) is 5.50. The van der Waals surface area contributed by atoms with Gasteiger partial charge in [-0.1, -0.05) is 54.2 Å². The van der Waals surface area contributed by atoms with E-state index < -0.39 is 0 Å². The first-order valence-corrected chi connectivity index (χ1v) is 12.9. The second-order valence-corrected chi connectivity index (χ2v) is 9.81. The van der Waals surface area contributed by atoms with Crippen LogP contribution in [0.4, 0.5) is 11.4 Å². The van der Waals surface area contributed by atoms with Crippen molar-refractivity contribution in [2.45, 2.75) is 43.3 Å². The fourth-order valence-electron chi connectivity index (χ4n) is 4.29. The molecule has 182 valence electrons. The number of amides is 2. The van der Waals surface area contributed by atoms with Crippen LogP contribution in [0.15, 0.2) is 82.6 Å². The maximum absolute atomic E-state index is 13.7. The van der Waals surface area contributed by atoms with Gasteiger partial charge >= 0.3 is 0 Å². The lowest BCUT2D eigenvalue weighted by Gasteiger charge is -2.30. The molecule has 7 nitrogen and oxygen atoms in total. The molecule has 0 bridgehead atoms. The summed E-state index contributed by atoms with van der Waals surface area (Å²) in [6.07, 6.45) is 0. The van der Waals surface area contributed by atoms with E-state index in [-0.39, 0.29) is 24.9 Å². The molecule has 2 amide bonds. The first kappa shape index (κ1) is 24.0. The highest BCUT2D eigenvalue weighted by Crippen LogP contribution is 2.47. The molecule has 0 saturated heterocycles. The normalized spacial score (nSPS) is 12.1. The minimum Gasteiger partial charge on any atom is -0.345 e. The van der Waals surface area contributed by atoms with Gasteiger partial charge in [-0.2, -0.15) is 5.10 Å². The zero-order valence-corrected chi connectivity index (χ0v) is 21.6. The van der Waals surface area contributed by atoms with Crippen LogP contribution in [0.2, 0.25) is 0 Å². The van der Waals surface area contributed by atoms with Gasteiger partial charge in [0.1, 0.15) is 6.54 Å². The van der Waals surface area contributed by atoms with Gasteiger partial charge < -0.3 is 9.88 Å². The first-order chi connectivity index (χ1) is 17.5. The van der Waals surface area contributed by atoms with Crippen LogP contribution in [0.3, 0.4) is 0 Å². The fraction of sp³-hybridized carbons (Fsp3) is 0.185. The van der Waals surface area contributed by atoms with Crippen molar-refractivity contribution in [2.24, 2.45) is 0 Å². The topological polar surface area (TPSA) is 72.2 Å². The van der Waals surface area contributed by atoms with Crippen molar-refractivity contribution in [2.75, 3.05) is 4.90 Å². The van der Waals surface area contributed by atoms with E-state index >= 15 is 0 Å². The van der Waals surface area contributed by atoms with Crippen LogP contribution in [0.5, 0.6) is 0 Å². The van der Waals surface area contributed by atoms with Gasteiger partial charge in [0, 0.05) is 21.9 Å². The number of nitrogens with zero attached hydrogens (tertiary/aromatic N) is 4. The minimum atomic E-state index is -0.175. The van der Waals surface area contributed by atoms with Crippen LogP contribution in [0, 0.1) is 11.7 Å². The minimum absolute atomic E-state index is 0.0160. The lowest BCUT2D eigenvalue weighted by atomic mass is 10.1. The summed E-state index contributed by atoms with van der Waals surface area (Å²) in [6.45, 7) is 4.63. The Hall–Kier alpha value is -3.69. The molecule has 5 rings (SSSR count). The van der Waals surface area contributed by atoms with Gasteiger partial charge in [-0.15, -0.1) is 0 Å². The average Bonchev–Trinajstić information content (AvgIpc) is 3.19. The first-order valence-electron chi connectivity index (χ1n) is 11.7. The van der Waals surface area contributed by atoms with Gasteiger partial charge in [0.15, 0.2) is 10.6 Å². The summed E-state index contributed by atoms with van der Waals surface area (Å²) in [4.78, 5) is 30.2. The largest absolute Gasteiger partial charge is 0.345 e. The molecular formula is C27H25N5O2S2. The maximum atomic E-state index is 13.7. The van der Waals surface area contributed by atoms with Crippen LogP contribution in [0.1, 0.15) is 28.7 Å². The number of rotatable bonds is 6. The lowest BCUT2D eigenvalue weighted by molar-refractivity contribution is -0.118. The third-order valence-electron chi connectivity index (χ3n) is 6.08. The smallest absolute Gasteiger partial charge is 0.253 e. The summed E-state index contributed by atoms with van der Waals surface area (Å²) < 4.78 is 3.83. The van der Waals surface area contributed by atoms with E-state index in [1.807, 2.05) is 85.1 Å². The number of benzene rings is 3. The van der Waals surface area contributed by atoms with E-state index in [1.54, 1.807) is 27.4 Å². The summed E-state index contributed by atoms with van der Waals surface area (Å²) in [6, 6.07) is 23.2. The molecular weight excluding hydrogens is 490 g/mol. The van der Waals surface area contributed by atoms with E-state index in [2.05, 4.69) is 10.4 Å². The van der Waals surface area contributed by atoms with Gasteiger partial charge in [0.25, 0.3) is 11.8 Å². The van der Waals surface area contributed by atoms with Crippen LogP contribution >= 0.6 is 24.0 Å². The summed E-state index contributed by atoms with van der Waals surface area (Å²) in [5.74, 6) is 0.293. The van der Waals surface area contributed by atoms with Gasteiger partial charge in [-0.05, 0) is 62.0 Å². The molecule has 0 unspecified atom stereocenters. The number of para-hydroxylation sites is 2. The summed E-state index contributed by atoms with van der Waals surface area (Å²) in [7, 11) is 0. The number of aryl methyl sites for hydroxylation is 1. The molecule has 4 aromatic rings. The van der Waals surface area contributed by atoms with E-state index in [0.717, 1.165) is 26.7 Å². The Morgan fingerprint density at radius 2 is 1.56 bits per heavy atom. The second kappa shape index (κ2) is 10.1. The molecule has 0 atom stereocenters. The SMILES string of the molecule is CCn1c(CNC(=O)c2ccccc2C)nn(CC(=O)N2c3ccccc3Sc3ccccc32)c1=S. The number of aromatic nitrogens is 3. The molecule has 0 radical (unpaired) electrons. The van der Waals surface area contributed by atoms with Crippen molar-refractivity contribution in [3.05, 3.63) is 94.5 Å². The van der Waals surface area contributed by atoms with Crippen molar-refractivity contribution < 1.29 is 9.59 Å². The van der Waals surface area contributed by atoms with Crippen molar-refractivity contribution in [1.82, 2.24) is 19.7 Å². The standard InChI is InChI=1S/C27H25N5O2S2/c1-3-30-24(16-28-26(34)19-11-5-4-10-18(19)2)29-31(27(30)35)17-25(33)32-20-12-6-8-14-22(20)36-23-15-9-7-13-21(23)32/h4-15H,3,16-17H2,1-2H3,(H,28,34). The molecule has 1 N–H and O–H groups in total. The Morgan fingerprint density at radius 1 is 0.944 bits per heavy atom. The Balaban J connectivity index is 1.40. The molecule has 0 spiro atoms. The van der Waals surface area contributed by atoms with Crippen molar-refractivity contribution in [3.8, 4) is 0 Å². The zero-order chi connectivity index (χ0) is 25.2. The van der Waals surface area contributed by atoms with Crippen molar-refractivity contribution in [1.29, 1.82) is 0 Å². The van der Waals surface area contributed by atoms with Gasteiger partial charge in [0.2, 0.25) is 0 Å². The zero-order valence-electron chi connectivity index (χ0n) is 20.0. The number of hydrogen-bond donors (Lipinski definition) is 1. The number of nitrogens with one attached hydrogen (secondary N) is 1. The number of fused-ring (bicyclic) bond motifs is 2. The van der Waals surface area contributed by atoms with Crippen molar-refractivity contribution in [3.63, 3.8) is 0 Å². The maximum Gasteiger partial charge on any atom is 0.253 e. The van der Waals surface area contributed by atoms with Crippen LogP contribution in [0.25, 0.3) is 0 Å². The molecule has 0 fully saturated rings. The third-order valence-corrected chi connectivity index (χ3v) is 7.64.